The highest BCUT2D eigenvalue weighted by Gasteiger charge is 2.58. The van der Waals surface area contributed by atoms with Gasteiger partial charge in [-0.05, 0) is 0 Å². The zero-order valence-corrected chi connectivity index (χ0v) is 24.0. The molecule has 18 atom stereocenters. The Bertz CT molecular complexity index is 898. The molecule has 22 heteroatoms. The van der Waals surface area contributed by atoms with E-state index in [4.69, 9.17) is 44.1 Å². The van der Waals surface area contributed by atoms with Crippen LogP contribution in [0.25, 0.3) is 0 Å². The average Bonchev–Trinajstić information content (AvgIpc) is 3.31. The Balaban J connectivity index is 0.000000320. The second-order valence-corrected chi connectivity index (χ2v) is 10.7. The predicted octanol–water partition coefficient (Wildman–Crippen LogP) is -11.0. The number of hydrogen-bond acceptors (Lipinski definition) is 22. The van der Waals surface area contributed by atoms with E-state index in [1.807, 2.05) is 0 Å². The number of hydrogen-bond donors (Lipinski definition) is 16. The second-order valence-electron chi connectivity index (χ2n) is 10.7. The fraction of sp³-hybridized carbons (Fsp3) is 0.958. The summed E-state index contributed by atoms with van der Waals surface area (Å²) in [4.78, 5) is 10.5. The summed E-state index contributed by atoms with van der Waals surface area (Å²) in [5.74, 6) is -2.22. The number of carbonyl (C=O) groups excluding carboxylic acids is 1. The van der Waals surface area contributed by atoms with Gasteiger partial charge >= 0.3 is 0 Å². The van der Waals surface area contributed by atoms with Crippen molar-refractivity contribution in [1.82, 2.24) is 0 Å². The summed E-state index contributed by atoms with van der Waals surface area (Å²) in [7, 11) is 0. The number of aliphatic hydroxyl groups is 16. The molecule has 46 heavy (non-hydrogen) atoms. The summed E-state index contributed by atoms with van der Waals surface area (Å²) in [5.41, 5.74) is 0. The van der Waals surface area contributed by atoms with E-state index < -0.39 is 143 Å². The van der Waals surface area contributed by atoms with E-state index in [2.05, 4.69) is 0 Å². The molecule has 16 N–H and O–H groups in total. The highest BCUT2D eigenvalue weighted by molar-refractivity contribution is 5.56. The summed E-state index contributed by atoms with van der Waals surface area (Å²) in [6.07, 6.45) is -28.3. The van der Waals surface area contributed by atoms with Gasteiger partial charge in [0.05, 0.1) is 26.4 Å². The monoisotopic (exact) mass is 684 g/mol. The molecule has 22 nitrogen and oxygen atoms in total. The van der Waals surface area contributed by atoms with E-state index >= 15 is 0 Å². The van der Waals surface area contributed by atoms with Gasteiger partial charge in [0.25, 0.3) is 0 Å². The topological polar surface area (TPSA) is 387 Å². The van der Waals surface area contributed by atoms with Gasteiger partial charge in [-0.15, -0.1) is 0 Å². The lowest BCUT2D eigenvalue weighted by atomic mass is 9.98. The van der Waals surface area contributed by atoms with E-state index in [-0.39, 0.29) is 6.29 Å². The van der Waals surface area contributed by atoms with E-state index in [1.165, 1.54) is 0 Å². The van der Waals surface area contributed by atoms with Gasteiger partial charge in [0.2, 0.25) is 5.79 Å². The first-order valence-corrected chi connectivity index (χ1v) is 13.9. The molecule has 3 aliphatic rings. The van der Waals surface area contributed by atoms with Crippen LogP contribution in [-0.4, -0.2) is 231 Å². The van der Waals surface area contributed by atoms with Crippen LogP contribution in [0.5, 0.6) is 0 Å². The van der Waals surface area contributed by atoms with Gasteiger partial charge < -0.3 is 110 Å². The van der Waals surface area contributed by atoms with Crippen molar-refractivity contribution in [3.05, 3.63) is 0 Å². The van der Waals surface area contributed by atoms with Crippen molar-refractivity contribution in [3.63, 3.8) is 0 Å². The van der Waals surface area contributed by atoms with Gasteiger partial charge in [0.15, 0.2) is 18.9 Å². The van der Waals surface area contributed by atoms with Crippen LogP contribution in [0.1, 0.15) is 0 Å². The van der Waals surface area contributed by atoms with Crippen molar-refractivity contribution in [2.24, 2.45) is 0 Å². The number of rotatable bonds is 13. The van der Waals surface area contributed by atoms with Crippen molar-refractivity contribution in [3.8, 4) is 0 Å². The molecule has 0 unspecified atom stereocenters. The molecule has 3 saturated heterocycles. The number of aldehydes is 1. The molecule has 0 amide bonds. The first-order chi connectivity index (χ1) is 21.6. The summed E-state index contributed by atoms with van der Waals surface area (Å²) in [6, 6.07) is 0. The van der Waals surface area contributed by atoms with Crippen LogP contribution >= 0.6 is 0 Å². The molecule has 0 aliphatic carbocycles. The second kappa shape index (κ2) is 18.0. The molecular formula is C24H44O22. The van der Waals surface area contributed by atoms with Crippen molar-refractivity contribution < 1.29 is 110 Å². The Kier molecular flexibility index (Phi) is 16.0. The molecular weight excluding hydrogens is 640 g/mol. The van der Waals surface area contributed by atoms with Crippen LogP contribution in [0.4, 0.5) is 0 Å². The molecule has 0 aromatic heterocycles. The number of ether oxygens (including phenoxy) is 5. The molecule has 0 bridgehead atoms. The third-order valence-corrected chi connectivity index (χ3v) is 7.60. The molecule has 0 radical (unpaired) electrons. The van der Waals surface area contributed by atoms with Gasteiger partial charge in [-0.2, -0.15) is 0 Å². The first-order valence-electron chi connectivity index (χ1n) is 13.9. The van der Waals surface area contributed by atoms with Gasteiger partial charge in [-0.1, -0.05) is 0 Å². The van der Waals surface area contributed by atoms with E-state index in [0.29, 0.717) is 0 Å². The van der Waals surface area contributed by atoms with Crippen molar-refractivity contribution >= 4 is 6.29 Å². The van der Waals surface area contributed by atoms with Crippen molar-refractivity contribution in [2.75, 3.05) is 33.0 Å². The fourth-order valence-corrected chi connectivity index (χ4v) is 4.74. The van der Waals surface area contributed by atoms with Crippen LogP contribution in [0, 0.1) is 0 Å². The predicted molar refractivity (Wildman–Crippen MR) is 138 cm³/mol. The Morgan fingerprint density at radius 3 is 1.54 bits per heavy atom. The lowest BCUT2D eigenvalue weighted by molar-refractivity contribution is -0.383. The largest absolute Gasteiger partial charge is 0.394 e. The zero-order valence-electron chi connectivity index (χ0n) is 24.0. The smallest absolute Gasteiger partial charge is 0.224 e. The molecule has 3 aliphatic heterocycles. The molecule has 272 valence electrons. The molecule has 0 saturated carbocycles. The average molecular weight is 685 g/mol. The quantitative estimate of drug-likeness (QED) is 0.0800. The minimum atomic E-state index is -2.22. The highest BCUT2D eigenvalue weighted by atomic mass is 16.8. The zero-order chi connectivity index (χ0) is 35.1. The molecule has 3 fully saturated rings. The maximum absolute atomic E-state index is 10.5. The van der Waals surface area contributed by atoms with Crippen LogP contribution in [0.3, 0.4) is 0 Å². The molecule has 3 rings (SSSR count). The van der Waals surface area contributed by atoms with Gasteiger partial charge in [0, 0.05) is 0 Å². The fourth-order valence-electron chi connectivity index (χ4n) is 4.74. The maximum atomic E-state index is 10.5. The molecule has 3 heterocycles. The normalized spacial score (nSPS) is 44.0. The molecule has 0 spiro atoms. The van der Waals surface area contributed by atoms with Crippen molar-refractivity contribution in [1.29, 1.82) is 0 Å². The summed E-state index contributed by atoms with van der Waals surface area (Å²) < 4.78 is 25.5. The highest BCUT2D eigenvalue weighted by Crippen LogP contribution is 2.36. The lowest BCUT2D eigenvalue weighted by Crippen LogP contribution is -2.62. The first kappa shape index (κ1) is 41.0. The van der Waals surface area contributed by atoms with Crippen LogP contribution in [-0.2, 0) is 28.5 Å². The minimum absolute atomic E-state index is 0.0294. The van der Waals surface area contributed by atoms with Crippen LogP contribution < -0.4 is 0 Å². The van der Waals surface area contributed by atoms with Crippen molar-refractivity contribution in [2.45, 2.75) is 110 Å². The third-order valence-electron chi connectivity index (χ3n) is 7.60. The lowest BCUT2D eigenvalue weighted by Gasteiger charge is -2.43. The number of carbonyl (C=O) groups is 1. The van der Waals surface area contributed by atoms with E-state index in [0.717, 1.165) is 0 Å². The van der Waals surface area contributed by atoms with Gasteiger partial charge in [-0.25, -0.2) is 0 Å². The van der Waals surface area contributed by atoms with Crippen LogP contribution in [0.2, 0.25) is 0 Å². The Labute approximate surface area is 260 Å². The Morgan fingerprint density at radius 2 is 1.13 bits per heavy atom. The summed E-state index contributed by atoms with van der Waals surface area (Å²) in [5, 5.41) is 152. The Morgan fingerprint density at radius 1 is 0.652 bits per heavy atom. The summed E-state index contributed by atoms with van der Waals surface area (Å²) in [6.45, 7) is -3.96. The Hall–Kier alpha value is -1.17. The third kappa shape index (κ3) is 8.89. The van der Waals surface area contributed by atoms with E-state index in [1.54, 1.807) is 0 Å². The van der Waals surface area contributed by atoms with Gasteiger partial charge in [0.1, 0.15) is 98.2 Å². The van der Waals surface area contributed by atoms with Gasteiger partial charge in [-0.3, -0.25) is 0 Å². The molecule has 0 aromatic rings. The maximum Gasteiger partial charge on any atom is 0.224 e. The minimum Gasteiger partial charge on any atom is -0.394 e. The summed E-state index contributed by atoms with van der Waals surface area (Å²) >= 11 is 0. The molecule has 0 aromatic carbocycles. The number of aliphatic hydroxyl groups excluding tert-OH is 16. The standard InChI is InChI=1S/2C12H22O11/c13-1-4-6(16)8(18)9(19)11(21-4)23-12(3-15)10(20)7(17)5(2-14)22-12;13-1-4(16)7(18)11(5(17)2-14)23-12-10(21)9(20)8(19)6(3-15)22-12/h4-11,13-20H,1-3H2;1,4-12,14-21H,2-3H2/t4-,5-,6-,7-,8+,9-,10+,11-,12-;4-,5+,6+,7+,8+,9-,10+,11+,12+/m10/s1. The SMILES string of the molecule is O=C[C@H](O)[C@@H](O)[C@H](O[C@H]1O[C@H](CO)[C@@H](O)[C@H](O)[C@H]1O)[C@H](O)CO.OC[C@H]1O[C@](CO)(O[C@H]2O[C@H](CO)[C@@H](O)[C@H](O)[C@H]2O)[C@@H](O)[C@@H]1O. The van der Waals surface area contributed by atoms with E-state index in [9.17, 15) is 66.1 Å². The van der Waals surface area contributed by atoms with Crippen LogP contribution in [0.15, 0.2) is 0 Å².